The van der Waals surface area contributed by atoms with E-state index in [9.17, 15) is 28.2 Å². The fourth-order valence-electron chi connectivity index (χ4n) is 1.59. The summed E-state index contributed by atoms with van der Waals surface area (Å²) in [6.07, 6.45) is -8.57. The first-order chi connectivity index (χ1) is 9.57. The maximum Gasteiger partial charge on any atom is 0.416 e. The second-order valence-electron chi connectivity index (χ2n) is 4.14. The molecular formula is C12H11Cl2F3O4. The Bertz CT molecular complexity index is 511. The van der Waals surface area contributed by atoms with E-state index in [1.165, 1.54) is 0 Å². The van der Waals surface area contributed by atoms with Crippen molar-refractivity contribution in [1.82, 2.24) is 0 Å². The van der Waals surface area contributed by atoms with Crippen LogP contribution in [0.1, 0.15) is 23.7 Å². The Labute approximate surface area is 128 Å². The minimum atomic E-state index is -4.65. The summed E-state index contributed by atoms with van der Waals surface area (Å²) in [6, 6.07) is 1.16. The number of alkyl halides is 3. The molecule has 1 aromatic carbocycles. The summed E-state index contributed by atoms with van der Waals surface area (Å²) in [5.74, 6) is -0.805. The molecule has 0 amide bonds. The highest BCUT2D eigenvalue weighted by atomic mass is 35.5. The van der Waals surface area contributed by atoms with E-state index >= 15 is 0 Å². The van der Waals surface area contributed by atoms with Crippen molar-refractivity contribution in [1.29, 1.82) is 0 Å². The molecule has 0 fully saturated rings. The van der Waals surface area contributed by atoms with Crippen molar-refractivity contribution in [3.8, 4) is 0 Å². The van der Waals surface area contributed by atoms with Crippen molar-refractivity contribution in [3.05, 3.63) is 33.3 Å². The van der Waals surface area contributed by atoms with E-state index in [1.54, 1.807) is 0 Å². The number of halogens is 5. The van der Waals surface area contributed by atoms with E-state index in [-0.39, 0.29) is 5.56 Å². The molecule has 0 aliphatic carbocycles. The van der Waals surface area contributed by atoms with Crippen LogP contribution in [0.4, 0.5) is 13.2 Å². The van der Waals surface area contributed by atoms with Crippen LogP contribution < -0.4 is 0 Å². The number of carbonyl (C=O) groups excluding carboxylic acids is 1. The Morgan fingerprint density at radius 3 is 2.14 bits per heavy atom. The number of carbonyl (C=O) groups is 1. The van der Waals surface area contributed by atoms with E-state index in [4.69, 9.17) is 23.2 Å². The van der Waals surface area contributed by atoms with Gasteiger partial charge in [0, 0.05) is 15.6 Å². The lowest BCUT2D eigenvalue weighted by Crippen LogP contribution is -2.23. The van der Waals surface area contributed by atoms with E-state index in [0.717, 1.165) is 7.11 Å². The summed E-state index contributed by atoms with van der Waals surface area (Å²) in [4.78, 5) is 11.0. The van der Waals surface area contributed by atoms with Crippen LogP contribution in [0.15, 0.2) is 12.1 Å². The zero-order valence-electron chi connectivity index (χ0n) is 10.6. The predicted molar refractivity (Wildman–Crippen MR) is 69.1 cm³/mol. The molecule has 0 radical (unpaired) electrons. The van der Waals surface area contributed by atoms with Crippen LogP contribution in [0, 0.1) is 0 Å². The molecule has 21 heavy (non-hydrogen) atoms. The number of rotatable bonds is 4. The minimum absolute atomic E-state index is 0.289. The molecule has 0 aromatic heterocycles. The molecule has 4 nitrogen and oxygen atoms in total. The van der Waals surface area contributed by atoms with Crippen molar-refractivity contribution >= 4 is 29.2 Å². The van der Waals surface area contributed by atoms with Gasteiger partial charge in [-0.05, 0) is 12.1 Å². The van der Waals surface area contributed by atoms with Gasteiger partial charge in [0.15, 0.2) is 0 Å². The van der Waals surface area contributed by atoms with Crippen LogP contribution in [0.25, 0.3) is 0 Å². The number of methoxy groups -OCH3 is 1. The van der Waals surface area contributed by atoms with Crippen molar-refractivity contribution in [2.24, 2.45) is 0 Å². The molecular weight excluding hydrogens is 336 g/mol. The lowest BCUT2D eigenvalue weighted by atomic mass is 10.0. The molecule has 0 spiro atoms. The molecule has 0 aliphatic rings. The number of aliphatic hydroxyl groups is 2. The molecule has 2 N–H and O–H groups in total. The van der Waals surface area contributed by atoms with Gasteiger partial charge in [0.05, 0.1) is 25.2 Å². The van der Waals surface area contributed by atoms with E-state index < -0.39 is 46.4 Å². The molecule has 118 valence electrons. The monoisotopic (exact) mass is 346 g/mol. The maximum absolute atomic E-state index is 12.6. The summed E-state index contributed by atoms with van der Waals surface area (Å²) in [7, 11) is 1.08. The van der Waals surface area contributed by atoms with Gasteiger partial charge < -0.3 is 14.9 Å². The van der Waals surface area contributed by atoms with Crippen LogP contribution >= 0.6 is 23.2 Å². The van der Waals surface area contributed by atoms with Gasteiger partial charge in [-0.2, -0.15) is 13.2 Å². The molecule has 0 aliphatic heterocycles. The fraction of sp³-hybridized carbons (Fsp3) is 0.417. The number of ether oxygens (including phenoxy) is 1. The third-order valence-electron chi connectivity index (χ3n) is 2.67. The second kappa shape index (κ2) is 6.83. The van der Waals surface area contributed by atoms with Crippen molar-refractivity contribution in [3.63, 3.8) is 0 Å². The average Bonchev–Trinajstić information content (AvgIpc) is 2.36. The van der Waals surface area contributed by atoms with Crippen LogP contribution in [0.2, 0.25) is 10.0 Å². The Balaban J connectivity index is 3.11. The minimum Gasteiger partial charge on any atom is -0.469 e. The van der Waals surface area contributed by atoms with Gasteiger partial charge in [-0.25, -0.2) is 0 Å². The molecule has 0 heterocycles. The summed E-state index contributed by atoms with van der Waals surface area (Å²) >= 11 is 11.4. The average molecular weight is 347 g/mol. The molecule has 9 heteroatoms. The van der Waals surface area contributed by atoms with Crippen LogP contribution in [0.3, 0.4) is 0 Å². The summed E-state index contributed by atoms with van der Waals surface area (Å²) in [5.41, 5.74) is -1.38. The van der Waals surface area contributed by atoms with Crippen LogP contribution in [0.5, 0.6) is 0 Å². The predicted octanol–water partition coefficient (Wildman–Crippen LogP) is 2.97. The number of esters is 1. The lowest BCUT2D eigenvalue weighted by Gasteiger charge is -2.20. The zero-order valence-corrected chi connectivity index (χ0v) is 12.1. The van der Waals surface area contributed by atoms with E-state index in [0.29, 0.717) is 12.1 Å². The topological polar surface area (TPSA) is 66.8 Å². The van der Waals surface area contributed by atoms with Crippen molar-refractivity contribution in [2.75, 3.05) is 7.11 Å². The molecule has 1 aromatic rings. The standard InChI is InChI=1S/C12H11Cl2F3O4/c1-21-9(19)4-8(18)11(20)10-6(13)2-5(3-7(10)14)12(15,16)17/h2-3,8,11,18,20H,4H2,1H3. The maximum atomic E-state index is 12.6. The van der Waals surface area contributed by atoms with Crippen molar-refractivity contribution < 1.29 is 32.9 Å². The quantitative estimate of drug-likeness (QED) is 0.822. The number of hydrogen-bond donors (Lipinski definition) is 2. The molecule has 0 saturated heterocycles. The van der Waals surface area contributed by atoms with Crippen molar-refractivity contribution in [2.45, 2.75) is 24.8 Å². The molecule has 2 unspecified atom stereocenters. The van der Waals surface area contributed by atoms with Gasteiger partial charge in [-0.3, -0.25) is 4.79 Å². The Hall–Kier alpha value is -1.02. The van der Waals surface area contributed by atoms with E-state index in [2.05, 4.69) is 4.74 Å². The highest BCUT2D eigenvalue weighted by molar-refractivity contribution is 6.36. The van der Waals surface area contributed by atoms with E-state index in [1.807, 2.05) is 0 Å². The molecule has 2 atom stereocenters. The highest BCUT2D eigenvalue weighted by Crippen LogP contribution is 2.39. The first-order valence-corrected chi connectivity index (χ1v) is 6.32. The summed E-state index contributed by atoms with van der Waals surface area (Å²) < 4.78 is 42.0. The van der Waals surface area contributed by atoms with Crippen LogP contribution in [-0.4, -0.2) is 29.4 Å². The SMILES string of the molecule is COC(=O)CC(O)C(O)c1c(Cl)cc(C(F)(F)F)cc1Cl. The summed E-state index contributed by atoms with van der Waals surface area (Å²) in [6.45, 7) is 0. The van der Waals surface area contributed by atoms with Gasteiger partial charge in [-0.15, -0.1) is 0 Å². The smallest absolute Gasteiger partial charge is 0.416 e. The Morgan fingerprint density at radius 2 is 1.76 bits per heavy atom. The first-order valence-electron chi connectivity index (χ1n) is 5.57. The van der Waals surface area contributed by atoms with Gasteiger partial charge in [0.1, 0.15) is 6.10 Å². The summed E-state index contributed by atoms with van der Waals surface area (Å²) in [5, 5.41) is 18.6. The normalized spacial score (nSPS) is 14.7. The van der Waals surface area contributed by atoms with Gasteiger partial charge in [0.25, 0.3) is 0 Å². The van der Waals surface area contributed by atoms with Gasteiger partial charge in [-0.1, -0.05) is 23.2 Å². The highest BCUT2D eigenvalue weighted by Gasteiger charge is 2.34. The third-order valence-corrected chi connectivity index (χ3v) is 3.30. The molecule has 0 bridgehead atoms. The molecule has 1 rings (SSSR count). The number of aliphatic hydroxyl groups excluding tert-OH is 2. The largest absolute Gasteiger partial charge is 0.469 e. The second-order valence-corrected chi connectivity index (χ2v) is 4.96. The van der Waals surface area contributed by atoms with Gasteiger partial charge >= 0.3 is 12.1 Å². The zero-order chi connectivity index (χ0) is 16.4. The third kappa shape index (κ3) is 4.47. The number of benzene rings is 1. The number of hydrogen-bond acceptors (Lipinski definition) is 4. The van der Waals surface area contributed by atoms with Crippen LogP contribution in [-0.2, 0) is 15.7 Å². The fourth-order valence-corrected chi connectivity index (χ4v) is 2.30. The molecule has 0 saturated carbocycles. The van der Waals surface area contributed by atoms with Gasteiger partial charge in [0.2, 0.25) is 0 Å². The Kier molecular flexibility index (Phi) is 5.86. The Morgan fingerprint density at radius 1 is 1.29 bits per heavy atom. The lowest BCUT2D eigenvalue weighted by molar-refractivity contribution is -0.144. The first kappa shape index (κ1) is 18.0.